The standard InChI is InChI=1S/C18H12N2/c1-2-7-13(8-3-1)20-18-16-10-5-4-9-14(16)15-11-6-12-19-17(15)18/h1-12H. The number of hydrogen-bond donors (Lipinski definition) is 0. The highest BCUT2D eigenvalue weighted by Crippen LogP contribution is 2.36. The van der Waals surface area contributed by atoms with Crippen molar-refractivity contribution < 1.29 is 0 Å². The summed E-state index contributed by atoms with van der Waals surface area (Å²) in [5.74, 6) is 0. The molecule has 0 saturated carbocycles. The summed E-state index contributed by atoms with van der Waals surface area (Å²) in [5.41, 5.74) is 6.42. The normalized spacial score (nSPS) is 14.1. The number of aromatic nitrogens is 1. The number of fused-ring (bicyclic) bond motifs is 3. The minimum Gasteiger partial charge on any atom is -0.254 e. The molecule has 0 spiro atoms. The van der Waals surface area contributed by atoms with Crippen molar-refractivity contribution in [1.29, 1.82) is 0 Å². The Hall–Kier alpha value is -2.74. The van der Waals surface area contributed by atoms with E-state index in [1.54, 1.807) is 0 Å². The van der Waals surface area contributed by atoms with Crippen LogP contribution in [0.25, 0.3) is 11.1 Å². The number of benzene rings is 2. The third-order valence-electron chi connectivity index (χ3n) is 3.50. The van der Waals surface area contributed by atoms with Crippen molar-refractivity contribution in [2.45, 2.75) is 0 Å². The fourth-order valence-corrected chi connectivity index (χ4v) is 2.61. The van der Waals surface area contributed by atoms with Crippen LogP contribution in [0, 0.1) is 0 Å². The van der Waals surface area contributed by atoms with Gasteiger partial charge in [0, 0.05) is 17.3 Å². The topological polar surface area (TPSA) is 25.2 Å². The monoisotopic (exact) mass is 256 g/mol. The van der Waals surface area contributed by atoms with Crippen LogP contribution in [0.3, 0.4) is 0 Å². The van der Waals surface area contributed by atoms with Crippen molar-refractivity contribution in [3.8, 4) is 11.1 Å². The van der Waals surface area contributed by atoms with Crippen LogP contribution in [-0.2, 0) is 0 Å². The Labute approximate surface area is 117 Å². The molecule has 3 aromatic rings. The molecule has 94 valence electrons. The van der Waals surface area contributed by atoms with Gasteiger partial charge in [0.15, 0.2) is 0 Å². The van der Waals surface area contributed by atoms with E-state index in [9.17, 15) is 0 Å². The van der Waals surface area contributed by atoms with E-state index in [2.05, 4.69) is 29.2 Å². The Balaban J connectivity index is 1.99. The lowest BCUT2D eigenvalue weighted by atomic mass is 10.1. The Morgan fingerprint density at radius 1 is 0.650 bits per heavy atom. The van der Waals surface area contributed by atoms with Gasteiger partial charge in [-0.2, -0.15) is 0 Å². The molecular weight excluding hydrogens is 244 g/mol. The molecule has 4 rings (SSSR count). The SMILES string of the molecule is c1ccc(N=C2c3ccccc3-c3cccnc32)cc1. The molecular formula is C18H12N2. The minimum absolute atomic E-state index is 0.954. The fraction of sp³-hybridized carbons (Fsp3) is 0. The zero-order valence-corrected chi connectivity index (χ0v) is 10.8. The second kappa shape index (κ2) is 4.42. The van der Waals surface area contributed by atoms with Gasteiger partial charge in [0.25, 0.3) is 0 Å². The Kier molecular flexibility index (Phi) is 2.46. The minimum atomic E-state index is 0.954. The highest BCUT2D eigenvalue weighted by molar-refractivity contribution is 6.24. The summed E-state index contributed by atoms with van der Waals surface area (Å²) in [5, 5.41) is 0. The average Bonchev–Trinajstić information content (AvgIpc) is 2.84. The molecule has 1 heterocycles. The third-order valence-corrected chi connectivity index (χ3v) is 3.50. The molecule has 0 N–H and O–H groups in total. The maximum absolute atomic E-state index is 4.79. The molecule has 1 aliphatic rings. The van der Waals surface area contributed by atoms with Crippen molar-refractivity contribution in [2.75, 3.05) is 0 Å². The van der Waals surface area contributed by atoms with Crippen LogP contribution in [-0.4, -0.2) is 10.7 Å². The van der Waals surface area contributed by atoms with Crippen molar-refractivity contribution >= 4 is 11.4 Å². The summed E-state index contributed by atoms with van der Waals surface area (Å²) >= 11 is 0. The molecule has 0 unspecified atom stereocenters. The molecule has 2 nitrogen and oxygen atoms in total. The number of pyridine rings is 1. The second-order valence-corrected chi connectivity index (χ2v) is 4.74. The predicted octanol–water partition coefficient (Wildman–Crippen LogP) is 4.23. The van der Waals surface area contributed by atoms with Crippen LogP contribution in [0.4, 0.5) is 5.69 Å². The van der Waals surface area contributed by atoms with E-state index < -0.39 is 0 Å². The zero-order chi connectivity index (χ0) is 13.4. The first kappa shape index (κ1) is 11.1. The van der Waals surface area contributed by atoms with Gasteiger partial charge >= 0.3 is 0 Å². The van der Waals surface area contributed by atoms with Gasteiger partial charge in [-0.15, -0.1) is 0 Å². The van der Waals surface area contributed by atoms with Gasteiger partial charge in [-0.25, -0.2) is 4.99 Å². The number of rotatable bonds is 1. The van der Waals surface area contributed by atoms with Gasteiger partial charge in [-0.1, -0.05) is 48.5 Å². The van der Waals surface area contributed by atoms with Crippen LogP contribution in [0.1, 0.15) is 11.3 Å². The van der Waals surface area contributed by atoms with E-state index in [4.69, 9.17) is 4.99 Å². The fourth-order valence-electron chi connectivity index (χ4n) is 2.61. The average molecular weight is 256 g/mol. The lowest BCUT2D eigenvalue weighted by molar-refractivity contribution is 1.30. The van der Waals surface area contributed by atoms with E-state index in [1.807, 2.05) is 48.7 Å². The van der Waals surface area contributed by atoms with Gasteiger partial charge in [-0.05, 0) is 23.8 Å². The van der Waals surface area contributed by atoms with Crippen molar-refractivity contribution in [3.05, 3.63) is 84.2 Å². The second-order valence-electron chi connectivity index (χ2n) is 4.74. The van der Waals surface area contributed by atoms with Crippen molar-refractivity contribution in [3.63, 3.8) is 0 Å². The van der Waals surface area contributed by atoms with Gasteiger partial charge in [0.05, 0.1) is 17.1 Å². The first-order valence-corrected chi connectivity index (χ1v) is 6.62. The number of para-hydroxylation sites is 1. The Morgan fingerprint density at radius 2 is 1.35 bits per heavy atom. The molecule has 1 aromatic heterocycles. The molecule has 0 saturated heterocycles. The molecule has 0 amide bonds. The molecule has 0 bridgehead atoms. The van der Waals surface area contributed by atoms with Crippen LogP contribution in [0.15, 0.2) is 77.9 Å². The number of hydrogen-bond acceptors (Lipinski definition) is 2. The lowest BCUT2D eigenvalue weighted by Crippen LogP contribution is -1.99. The van der Waals surface area contributed by atoms with Crippen molar-refractivity contribution in [2.24, 2.45) is 4.99 Å². The summed E-state index contributed by atoms with van der Waals surface area (Å²) in [6.45, 7) is 0. The first-order valence-electron chi connectivity index (χ1n) is 6.62. The number of nitrogens with zero attached hydrogens (tertiary/aromatic N) is 2. The molecule has 0 radical (unpaired) electrons. The maximum atomic E-state index is 4.79. The molecule has 0 aliphatic heterocycles. The summed E-state index contributed by atoms with van der Waals surface area (Å²) in [7, 11) is 0. The van der Waals surface area contributed by atoms with Crippen LogP contribution in [0.5, 0.6) is 0 Å². The van der Waals surface area contributed by atoms with E-state index >= 15 is 0 Å². The van der Waals surface area contributed by atoms with Gasteiger partial charge in [0.2, 0.25) is 0 Å². The zero-order valence-electron chi connectivity index (χ0n) is 10.8. The lowest BCUT2D eigenvalue weighted by Gasteiger charge is -2.01. The molecule has 2 aromatic carbocycles. The summed E-state index contributed by atoms with van der Waals surface area (Å²) < 4.78 is 0. The van der Waals surface area contributed by atoms with Crippen molar-refractivity contribution in [1.82, 2.24) is 4.98 Å². The quantitative estimate of drug-likeness (QED) is 0.500. The maximum Gasteiger partial charge on any atom is 0.0978 e. The van der Waals surface area contributed by atoms with E-state index in [0.717, 1.165) is 28.2 Å². The summed E-state index contributed by atoms with van der Waals surface area (Å²) in [6, 6.07) is 22.4. The van der Waals surface area contributed by atoms with Crippen LogP contribution >= 0.6 is 0 Å². The highest BCUT2D eigenvalue weighted by Gasteiger charge is 2.25. The first-order chi connectivity index (χ1) is 9.93. The summed E-state index contributed by atoms with van der Waals surface area (Å²) in [4.78, 5) is 9.32. The largest absolute Gasteiger partial charge is 0.254 e. The van der Waals surface area contributed by atoms with Crippen LogP contribution in [0.2, 0.25) is 0 Å². The summed E-state index contributed by atoms with van der Waals surface area (Å²) in [6.07, 6.45) is 1.82. The third kappa shape index (κ3) is 1.66. The van der Waals surface area contributed by atoms with E-state index in [-0.39, 0.29) is 0 Å². The molecule has 20 heavy (non-hydrogen) atoms. The molecule has 2 heteroatoms. The predicted molar refractivity (Wildman–Crippen MR) is 81.4 cm³/mol. The van der Waals surface area contributed by atoms with E-state index in [0.29, 0.717) is 0 Å². The van der Waals surface area contributed by atoms with Crippen LogP contribution < -0.4 is 0 Å². The molecule has 0 atom stereocenters. The Bertz CT molecular complexity index is 757. The van der Waals surface area contributed by atoms with Gasteiger partial charge in [0.1, 0.15) is 0 Å². The van der Waals surface area contributed by atoms with Gasteiger partial charge in [-0.3, -0.25) is 4.98 Å². The smallest absolute Gasteiger partial charge is 0.0978 e. The number of aliphatic imine (C=N–C) groups is 1. The molecule has 1 aliphatic carbocycles. The highest BCUT2D eigenvalue weighted by atomic mass is 14.8. The van der Waals surface area contributed by atoms with Gasteiger partial charge < -0.3 is 0 Å². The Morgan fingerprint density at radius 3 is 2.20 bits per heavy atom. The van der Waals surface area contributed by atoms with E-state index in [1.165, 1.54) is 5.56 Å². The molecule has 0 fully saturated rings.